The molecule has 2 aromatic rings. The number of aryl methyl sites for hydroxylation is 1. The molecule has 5 nitrogen and oxygen atoms in total. The predicted octanol–water partition coefficient (Wildman–Crippen LogP) is 3.05. The largest absolute Gasteiger partial charge is 0.490 e. The van der Waals surface area contributed by atoms with Gasteiger partial charge in [-0.1, -0.05) is 0 Å². The molecule has 0 aliphatic carbocycles. The molecule has 0 saturated carbocycles. The predicted molar refractivity (Wildman–Crippen MR) is 82.0 cm³/mol. The van der Waals surface area contributed by atoms with Gasteiger partial charge < -0.3 is 14.8 Å². The van der Waals surface area contributed by atoms with E-state index in [1.807, 2.05) is 38.1 Å². The molecule has 110 valence electrons. The Balaban J connectivity index is 1.98. The van der Waals surface area contributed by atoms with Crippen molar-refractivity contribution in [1.29, 1.82) is 0 Å². The van der Waals surface area contributed by atoms with Gasteiger partial charge in [-0.15, -0.1) is 0 Å². The number of nitrogens with zero attached hydrogens (tertiary/aromatic N) is 2. The van der Waals surface area contributed by atoms with Gasteiger partial charge in [0.05, 0.1) is 13.2 Å². The molecular formula is C16H19N3O2. The zero-order valence-corrected chi connectivity index (χ0v) is 12.3. The Labute approximate surface area is 124 Å². The van der Waals surface area contributed by atoms with Gasteiger partial charge in [0, 0.05) is 30.3 Å². The molecule has 21 heavy (non-hydrogen) atoms. The molecule has 1 aromatic carbocycles. The number of benzene rings is 1. The summed E-state index contributed by atoms with van der Waals surface area (Å²) in [6, 6.07) is 7.79. The van der Waals surface area contributed by atoms with Crippen molar-refractivity contribution in [3.05, 3.63) is 30.0 Å². The van der Waals surface area contributed by atoms with Crippen LogP contribution in [0.15, 0.2) is 24.3 Å². The maximum absolute atomic E-state index is 5.72. The van der Waals surface area contributed by atoms with E-state index in [2.05, 4.69) is 15.3 Å². The van der Waals surface area contributed by atoms with E-state index < -0.39 is 0 Å². The Kier molecular flexibility index (Phi) is 3.90. The van der Waals surface area contributed by atoms with Gasteiger partial charge in [-0.2, -0.15) is 0 Å². The van der Waals surface area contributed by atoms with E-state index in [0.717, 1.165) is 41.5 Å². The fourth-order valence-electron chi connectivity index (χ4n) is 2.27. The van der Waals surface area contributed by atoms with Gasteiger partial charge in [-0.25, -0.2) is 9.97 Å². The summed E-state index contributed by atoms with van der Waals surface area (Å²) in [6.45, 7) is 6.21. The SMILES string of the molecule is CCNc1cc(C)nc(-c2ccc3c(c2)OCCCO3)n1. The second kappa shape index (κ2) is 5.99. The number of rotatable bonds is 3. The van der Waals surface area contributed by atoms with E-state index in [9.17, 15) is 0 Å². The van der Waals surface area contributed by atoms with Crippen LogP contribution in [0.3, 0.4) is 0 Å². The first-order valence-electron chi connectivity index (χ1n) is 7.26. The zero-order chi connectivity index (χ0) is 14.7. The van der Waals surface area contributed by atoms with Crippen molar-refractivity contribution in [1.82, 2.24) is 9.97 Å². The normalized spacial score (nSPS) is 13.6. The highest BCUT2D eigenvalue weighted by atomic mass is 16.5. The summed E-state index contributed by atoms with van der Waals surface area (Å²) < 4.78 is 11.4. The summed E-state index contributed by atoms with van der Waals surface area (Å²) in [5, 5.41) is 3.22. The van der Waals surface area contributed by atoms with Crippen LogP contribution in [0.2, 0.25) is 0 Å². The molecule has 0 atom stereocenters. The van der Waals surface area contributed by atoms with Crippen molar-refractivity contribution < 1.29 is 9.47 Å². The van der Waals surface area contributed by atoms with Crippen LogP contribution in [-0.4, -0.2) is 29.7 Å². The highest BCUT2D eigenvalue weighted by Gasteiger charge is 2.13. The van der Waals surface area contributed by atoms with Gasteiger partial charge in [0.2, 0.25) is 0 Å². The first kappa shape index (κ1) is 13.7. The van der Waals surface area contributed by atoms with Crippen LogP contribution >= 0.6 is 0 Å². The molecule has 0 radical (unpaired) electrons. The molecule has 0 unspecified atom stereocenters. The van der Waals surface area contributed by atoms with Crippen molar-refractivity contribution in [2.24, 2.45) is 0 Å². The highest BCUT2D eigenvalue weighted by Crippen LogP contribution is 2.33. The van der Waals surface area contributed by atoms with E-state index in [0.29, 0.717) is 19.0 Å². The lowest BCUT2D eigenvalue weighted by Crippen LogP contribution is -2.02. The fraction of sp³-hybridized carbons (Fsp3) is 0.375. The molecule has 1 aliphatic heterocycles. The lowest BCUT2D eigenvalue weighted by atomic mass is 10.2. The zero-order valence-electron chi connectivity index (χ0n) is 12.3. The Morgan fingerprint density at radius 3 is 2.71 bits per heavy atom. The lowest BCUT2D eigenvalue weighted by Gasteiger charge is -2.10. The van der Waals surface area contributed by atoms with Crippen LogP contribution in [0, 0.1) is 6.92 Å². The Morgan fingerprint density at radius 1 is 1.10 bits per heavy atom. The van der Waals surface area contributed by atoms with E-state index in [-0.39, 0.29) is 0 Å². The third-order valence-electron chi connectivity index (χ3n) is 3.22. The van der Waals surface area contributed by atoms with E-state index in [1.54, 1.807) is 0 Å². The van der Waals surface area contributed by atoms with Crippen molar-refractivity contribution >= 4 is 5.82 Å². The van der Waals surface area contributed by atoms with Crippen molar-refractivity contribution in [2.45, 2.75) is 20.3 Å². The summed E-state index contributed by atoms with van der Waals surface area (Å²) in [6.07, 6.45) is 0.898. The minimum Gasteiger partial charge on any atom is -0.490 e. The van der Waals surface area contributed by atoms with Gasteiger partial charge in [-0.3, -0.25) is 0 Å². The minimum absolute atomic E-state index is 0.674. The maximum atomic E-state index is 5.72. The van der Waals surface area contributed by atoms with Gasteiger partial charge in [0.15, 0.2) is 17.3 Å². The Bertz CT molecular complexity index is 643. The monoisotopic (exact) mass is 285 g/mol. The quantitative estimate of drug-likeness (QED) is 0.939. The van der Waals surface area contributed by atoms with Crippen LogP contribution in [0.4, 0.5) is 5.82 Å². The molecule has 0 bridgehead atoms. The van der Waals surface area contributed by atoms with Crippen LogP contribution in [-0.2, 0) is 0 Å². The second-order valence-corrected chi connectivity index (χ2v) is 4.96. The molecule has 0 spiro atoms. The van der Waals surface area contributed by atoms with Crippen molar-refractivity contribution in [3.63, 3.8) is 0 Å². The van der Waals surface area contributed by atoms with Crippen LogP contribution in [0.1, 0.15) is 19.0 Å². The highest BCUT2D eigenvalue weighted by molar-refractivity contribution is 5.62. The number of ether oxygens (including phenoxy) is 2. The Morgan fingerprint density at radius 2 is 1.90 bits per heavy atom. The topological polar surface area (TPSA) is 56.3 Å². The van der Waals surface area contributed by atoms with Gasteiger partial charge in [0.25, 0.3) is 0 Å². The summed E-state index contributed by atoms with van der Waals surface area (Å²) in [5.41, 5.74) is 1.87. The number of hydrogen-bond donors (Lipinski definition) is 1. The smallest absolute Gasteiger partial charge is 0.161 e. The van der Waals surface area contributed by atoms with Crippen molar-refractivity contribution in [2.75, 3.05) is 25.1 Å². The molecule has 0 amide bonds. The molecule has 5 heteroatoms. The lowest BCUT2D eigenvalue weighted by molar-refractivity contribution is 0.297. The molecular weight excluding hydrogens is 266 g/mol. The van der Waals surface area contributed by atoms with Gasteiger partial charge >= 0.3 is 0 Å². The fourth-order valence-corrected chi connectivity index (χ4v) is 2.27. The third kappa shape index (κ3) is 3.07. The molecule has 0 saturated heterocycles. The molecule has 2 heterocycles. The molecule has 1 aliphatic rings. The number of aromatic nitrogens is 2. The summed E-state index contributed by atoms with van der Waals surface area (Å²) in [5.74, 6) is 3.09. The molecule has 1 aromatic heterocycles. The van der Waals surface area contributed by atoms with Crippen LogP contribution in [0.25, 0.3) is 11.4 Å². The molecule has 1 N–H and O–H groups in total. The number of nitrogens with one attached hydrogen (secondary N) is 1. The average Bonchev–Trinajstić information content (AvgIpc) is 2.71. The first-order chi connectivity index (χ1) is 10.3. The minimum atomic E-state index is 0.674. The summed E-state index contributed by atoms with van der Waals surface area (Å²) in [4.78, 5) is 9.06. The number of hydrogen-bond acceptors (Lipinski definition) is 5. The standard InChI is InChI=1S/C16H19N3O2/c1-3-17-15-9-11(2)18-16(19-15)12-5-6-13-14(10-12)21-8-4-7-20-13/h5-6,9-10H,3-4,7-8H2,1-2H3,(H,17,18,19). The van der Waals surface area contributed by atoms with E-state index in [1.165, 1.54) is 0 Å². The van der Waals surface area contributed by atoms with E-state index in [4.69, 9.17) is 9.47 Å². The number of anilines is 1. The summed E-state index contributed by atoms with van der Waals surface area (Å²) in [7, 11) is 0. The summed E-state index contributed by atoms with van der Waals surface area (Å²) >= 11 is 0. The van der Waals surface area contributed by atoms with Crippen LogP contribution in [0.5, 0.6) is 11.5 Å². The van der Waals surface area contributed by atoms with E-state index >= 15 is 0 Å². The average molecular weight is 285 g/mol. The van der Waals surface area contributed by atoms with Crippen LogP contribution < -0.4 is 14.8 Å². The van der Waals surface area contributed by atoms with Crippen molar-refractivity contribution in [3.8, 4) is 22.9 Å². The maximum Gasteiger partial charge on any atom is 0.161 e. The number of fused-ring (bicyclic) bond motifs is 1. The van der Waals surface area contributed by atoms with Gasteiger partial charge in [-0.05, 0) is 32.0 Å². The molecule has 3 rings (SSSR count). The first-order valence-corrected chi connectivity index (χ1v) is 7.26. The van der Waals surface area contributed by atoms with Gasteiger partial charge in [0.1, 0.15) is 5.82 Å². The third-order valence-corrected chi connectivity index (χ3v) is 3.22. The second-order valence-electron chi connectivity index (χ2n) is 4.96. The molecule has 0 fully saturated rings. The Hall–Kier alpha value is -2.30.